The summed E-state index contributed by atoms with van der Waals surface area (Å²) in [6, 6.07) is 6.46. The number of carbonyl (C=O) groups is 1. The normalized spacial score (nSPS) is 16.7. The summed E-state index contributed by atoms with van der Waals surface area (Å²) in [5.41, 5.74) is 0.944. The Labute approximate surface area is 156 Å². The molecule has 0 spiro atoms. The molecule has 3 heterocycles. The summed E-state index contributed by atoms with van der Waals surface area (Å²) in [5, 5.41) is 5.06. The molecule has 1 saturated heterocycles. The van der Waals surface area contributed by atoms with Crippen LogP contribution >= 0.6 is 22.7 Å². The van der Waals surface area contributed by atoms with Gasteiger partial charge in [-0.2, -0.15) is 0 Å². The largest absolute Gasteiger partial charge is 0.380 e. The van der Waals surface area contributed by atoms with E-state index >= 15 is 0 Å². The summed E-state index contributed by atoms with van der Waals surface area (Å²) in [5.74, 6) is -0.0198. The quantitative estimate of drug-likeness (QED) is 0.802. The molecule has 25 heavy (non-hydrogen) atoms. The molecule has 1 aliphatic heterocycles. The molecule has 7 heteroatoms. The van der Waals surface area contributed by atoms with Crippen molar-refractivity contribution in [1.82, 2.24) is 10.2 Å². The molecule has 5 nitrogen and oxygen atoms in total. The number of methoxy groups -OCH3 is 1. The van der Waals surface area contributed by atoms with E-state index in [9.17, 15) is 4.79 Å². The third-order valence-electron chi connectivity index (χ3n) is 4.28. The highest BCUT2D eigenvalue weighted by atomic mass is 32.1. The second-order valence-corrected chi connectivity index (χ2v) is 8.27. The molecule has 0 saturated carbocycles. The predicted molar refractivity (Wildman–Crippen MR) is 102 cm³/mol. The molecule has 0 radical (unpaired) electrons. The van der Waals surface area contributed by atoms with Crippen LogP contribution < -0.4 is 5.32 Å². The standard InChI is InChI=1S/C18H24N2O3S2/c1-13-3-4-16(25-13)15(20-6-8-23-9-7-20)11-19-18(21)17-14(12-22-2)5-10-24-17/h3-5,10,15H,6-9,11-12H2,1-2H3,(H,19,21). The molecule has 0 bridgehead atoms. The highest BCUT2D eigenvalue weighted by Gasteiger charge is 2.25. The van der Waals surface area contributed by atoms with Gasteiger partial charge in [0, 0.05) is 42.1 Å². The molecule has 1 N–H and O–H groups in total. The van der Waals surface area contributed by atoms with E-state index < -0.39 is 0 Å². The van der Waals surface area contributed by atoms with Crippen LogP contribution in [-0.2, 0) is 16.1 Å². The SMILES string of the molecule is COCc1ccsc1C(=O)NCC(c1ccc(C)s1)N1CCOCC1. The molecule has 3 rings (SSSR count). The number of carbonyl (C=O) groups excluding carboxylic acids is 1. The van der Waals surface area contributed by atoms with Crippen molar-refractivity contribution >= 4 is 28.6 Å². The first-order chi connectivity index (χ1) is 12.2. The van der Waals surface area contributed by atoms with Gasteiger partial charge in [-0.15, -0.1) is 22.7 Å². The lowest BCUT2D eigenvalue weighted by Gasteiger charge is -2.34. The summed E-state index contributed by atoms with van der Waals surface area (Å²) in [7, 11) is 1.65. The summed E-state index contributed by atoms with van der Waals surface area (Å²) >= 11 is 3.26. The molecule has 1 amide bonds. The number of aryl methyl sites for hydroxylation is 1. The van der Waals surface area contributed by atoms with Gasteiger partial charge >= 0.3 is 0 Å². The first-order valence-electron chi connectivity index (χ1n) is 8.40. The topological polar surface area (TPSA) is 50.8 Å². The first kappa shape index (κ1) is 18.5. The first-order valence-corrected chi connectivity index (χ1v) is 10.1. The van der Waals surface area contributed by atoms with Gasteiger partial charge < -0.3 is 14.8 Å². The van der Waals surface area contributed by atoms with Gasteiger partial charge in [0.15, 0.2) is 0 Å². The molecule has 136 valence electrons. The molecule has 2 aromatic rings. The third kappa shape index (κ3) is 4.68. The lowest BCUT2D eigenvalue weighted by Crippen LogP contribution is -2.43. The minimum Gasteiger partial charge on any atom is -0.380 e. The van der Waals surface area contributed by atoms with Crippen molar-refractivity contribution < 1.29 is 14.3 Å². The number of hydrogen-bond donors (Lipinski definition) is 1. The number of thiophene rings is 2. The van der Waals surface area contributed by atoms with Crippen LogP contribution in [0.3, 0.4) is 0 Å². The summed E-state index contributed by atoms with van der Waals surface area (Å²) in [6.45, 7) is 6.46. The summed E-state index contributed by atoms with van der Waals surface area (Å²) in [6.07, 6.45) is 0. The molecule has 1 aliphatic rings. The lowest BCUT2D eigenvalue weighted by atomic mass is 10.1. The maximum Gasteiger partial charge on any atom is 0.261 e. The predicted octanol–water partition coefficient (Wildman–Crippen LogP) is 3.07. The van der Waals surface area contributed by atoms with Gasteiger partial charge in [0.25, 0.3) is 5.91 Å². The van der Waals surface area contributed by atoms with Crippen LogP contribution in [0.4, 0.5) is 0 Å². The van der Waals surface area contributed by atoms with E-state index in [0.29, 0.717) is 13.2 Å². The summed E-state index contributed by atoms with van der Waals surface area (Å²) in [4.78, 5) is 18.4. The second-order valence-electron chi connectivity index (χ2n) is 6.03. The Morgan fingerprint density at radius 1 is 1.36 bits per heavy atom. The third-order valence-corrected chi connectivity index (χ3v) is 6.34. The second kappa shape index (κ2) is 8.91. The number of ether oxygens (including phenoxy) is 2. The van der Waals surface area contributed by atoms with E-state index in [1.807, 2.05) is 11.4 Å². The van der Waals surface area contributed by atoms with Crippen LogP contribution in [0.25, 0.3) is 0 Å². The van der Waals surface area contributed by atoms with Gasteiger partial charge in [0.2, 0.25) is 0 Å². The number of morpholine rings is 1. The van der Waals surface area contributed by atoms with Gasteiger partial charge in [-0.3, -0.25) is 9.69 Å². The maximum atomic E-state index is 12.6. The molecule has 2 aromatic heterocycles. The van der Waals surface area contributed by atoms with Crippen molar-refractivity contribution in [2.45, 2.75) is 19.6 Å². The van der Waals surface area contributed by atoms with E-state index in [4.69, 9.17) is 9.47 Å². The Bertz CT molecular complexity index is 692. The van der Waals surface area contributed by atoms with Gasteiger partial charge in [0.05, 0.1) is 30.7 Å². The Hall–Kier alpha value is -1.25. The molecule has 1 atom stereocenters. The number of nitrogens with zero attached hydrogens (tertiary/aromatic N) is 1. The van der Waals surface area contributed by atoms with E-state index in [2.05, 4.69) is 29.3 Å². The molecule has 1 unspecified atom stereocenters. The zero-order valence-electron chi connectivity index (χ0n) is 14.6. The Morgan fingerprint density at radius 3 is 2.84 bits per heavy atom. The van der Waals surface area contributed by atoms with Gasteiger partial charge in [-0.25, -0.2) is 0 Å². The maximum absolute atomic E-state index is 12.6. The van der Waals surface area contributed by atoms with Crippen molar-refractivity contribution in [3.8, 4) is 0 Å². The van der Waals surface area contributed by atoms with E-state index in [-0.39, 0.29) is 11.9 Å². The minimum atomic E-state index is -0.0198. The Balaban J connectivity index is 1.69. The molecular weight excluding hydrogens is 356 g/mol. The Kier molecular flexibility index (Phi) is 6.61. The van der Waals surface area contributed by atoms with Crippen LogP contribution in [0.15, 0.2) is 23.6 Å². The number of amides is 1. The average Bonchev–Trinajstić information content (AvgIpc) is 3.25. The van der Waals surface area contributed by atoms with Crippen molar-refractivity contribution in [1.29, 1.82) is 0 Å². The van der Waals surface area contributed by atoms with Gasteiger partial charge in [-0.1, -0.05) is 0 Å². The van der Waals surface area contributed by atoms with Crippen LogP contribution in [-0.4, -0.2) is 50.8 Å². The molecule has 0 aliphatic carbocycles. The van der Waals surface area contributed by atoms with Crippen molar-refractivity contribution in [3.63, 3.8) is 0 Å². The number of rotatable bonds is 7. The average molecular weight is 381 g/mol. The smallest absolute Gasteiger partial charge is 0.261 e. The van der Waals surface area contributed by atoms with E-state index in [1.54, 1.807) is 18.4 Å². The monoisotopic (exact) mass is 380 g/mol. The van der Waals surface area contributed by atoms with Crippen molar-refractivity contribution in [2.24, 2.45) is 0 Å². The lowest BCUT2D eigenvalue weighted by molar-refractivity contribution is 0.0169. The number of nitrogens with one attached hydrogen (secondary N) is 1. The van der Waals surface area contributed by atoms with Gasteiger partial charge in [-0.05, 0) is 30.5 Å². The highest BCUT2D eigenvalue weighted by molar-refractivity contribution is 7.12. The zero-order valence-corrected chi connectivity index (χ0v) is 16.3. The van der Waals surface area contributed by atoms with Crippen LogP contribution in [0.5, 0.6) is 0 Å². The fourth-order valence-electron chi connectivity index (χ4n) is 3.01. The number of hydrogen-bond acceptors (Lipinski definition) is 6. The highest BCUT2D eigenvalue weighted by Crippen LogP contribution is 2.28. The van der Waals surface area contributed by atoms with E-state index in [0.717, 1.165) is 36.7 Å². The fraction of sp³-hybridized carbons (Fsp3) is 0.500. The van der Waals surface area contributed by atoms with Crippen molar-refractivity contribution in [3.05, 3.63) is 43.8 Å². The molecule has 1 fully saturated rings. The van der Waals surface area contributed by atoms with Crippen LogP contribution in [0.1, 0.15) is 31.0 Å². The minimum absolute atomic E-state index is 0.0198. The molecule has 0 aromatic carbocycles. The van der Waals surface area contributed by atoms with Crippen molar-refractivity contribution in [2.75, 3.05) is 40.0 Å². The zero-order chi connectivity index (χ0) is 17.6. The van der Waals surface area contributed by atoms with E-state index in [1.165, 1.54) is 21.1 Å². The van der Waals surface area contributed by atoms with Crippen LogP contribution in [0, 0.1) is 6.92 Å². The fourth-order valence-corrected chi connectivity index (χ4v) is 4.84. The van der Waals surface area contributed by atoms with Crippen LogP contribution in [0.2, 0.25) is 0 Å². The molecular formula is C18H24N2O3S2. The summed E-state index contributed by atoms with van der Waals surface area (Å²) < 4.78 is 10.7. The van der Waals surface area contributed by atoms with Gasteiger partial charge in [0.1, 0.15) is 0 Å². The Morgan fingerprint density at radius 2 is 2.16 bits per heavy atom.